The lowest BCUT2D eigenvalue weighted by molar-refractivity contribution is -0.122. The molecular weight excluding hydrogens is 401 g/mol. The van der Waals surface area contributed by atoms with Crippen LogP contribution in [0.15, 0.2) is 42.0 Å². The van der Waals surface area contributed by atoms with Crippen LogP contribution in [0.5, 0.6) is 0 Å². The number of hydrogen-bond acceptors (Lipinski definition) is 4. The molecule has 0 aromatic heterocycles. The normalized spacial score (nSPS) is 18.4. The molecular formula is C23H22FN3O2S. The standard InChI is InChI=1S/C23H22FN3O2S/c1-14-9-15(2)11-17(10-14)27-22(29)18(21(28)25-23(27)30)12-16-5-6-20(19(24)13-16)26-7-3-4-8-26/h5-6,9-13H,3-4,7-8H2,1-2H3,(H,25,28,30). The summed E-state index contributed by atoms with van der Waals surface area (Å²) in [4.78, 5) is 28.9. The molecule has 7 heteroatoms. The fourth-order valence-corrected chi connectivity index (χ4v) is 4.25. The van der Waals surface area contributed by atoms with Crippen LogP contribution in [0.3, 0.4) is 0 Å². The minimum atomic E-state index is -0.588. The molecule has 2 saturated heterocycles. The molecule has 2 amide bonds. The first-order valence-electron chi connectivity index (χ1n) is 9.88. The fourth-order valence-electron chi connectivity index (χ4n) is 3.97. The Morgan fingerprint density at radius 1 is 1.03 bits per heavy atom. The van der Waals surface area contributed by atoms with E-state index in [9.17, 15) is 14.0 Å². The summed E-state index contributed by atoms with van der Waals surface area (Å²) in [7, 11) is 0. The maximum atomic E-state index is 14.7. The summed E-state index contributed by atoms with van der Waals surface area (Å²) < 4.78 is 14.7. The van der Waals surface area contributed by atoms with Gasteiger partial charge in [-0.15, -0.1) is 0 Å². The fraction of sp³-hybridized carbons (Fsp3) is 0.261. The van der Waals surface area contributed by atoms with Gasteiger partial charge < -0.3 is 4.90 Å². The Balaban J connectivity index is 1.68. The zero-order valence-corrected chi connectivity index (χ0v) is 17.7. The highest BCUT2D eigenvalue weighted by Gasteiger charge is 2.34. The number of nitrogens with zero attached hydrogens (tertiary/aromatic N) is 2. The molecule has 30 heavy (non-hydrogen) atoms. The van der Waals surface area contributed by atoms with Crippen LogP contribution in [0.4, 0.5) is 15.8 Å². The summed E-state index contributed by atoms with van der Waals surface area (Å²) in [5.74, 6) is -1.48. The molecule has 5 nitrogen and oxygen atoms in total. The second-order valence-electron chi connectivity index (χ2n) is 7.71. The SMILES string of the molecule is Cc1cc(C)cc(N2C(=O)C(=Cc3ccc(N4CCCC4)c(F)c3)C(=O)NC2=S)c1. The van der Waals surface area contributed by atoms with E-state index in [4.69, 9.17) is 12.2 Å². The molecule has 2 heterocycles. The topological polar surface area (TPSA) is 52.7 Å². The molecule has 2 aromatic carbocycles. The van der Waals surface area contributed by atoms with Crippen LogP contribution in [0.25, 0.3) is 6.08 Å². The predicted octanol–water partition coefficient (Wildman–Crippen LogP) is 3.87. The summed E-state index contributed by atoms with van der Waals surface area (Å²) in [5, 5.41) is 2.60. The van der Waals surface area contributed by atoms with Crippen molar-refractivity contribution in [1.82, 2.24) is 5.32 Å². The van der Waals surface area contributed by atoms with Gasteiger partial charge in [0.05, 0.1) is 11.4 Å². The summed E-state index contributed by atoms with van der Waals surface area (Å²) in [6.45, 7) is 5.52. The Hall–Kier alpha value is -3.06. The smallest absolute Gasteiger partial charge is 0.270 e. The average molecular weight is 424 g/mol. The van der Waals surface area contributed by atoms with Crippen molar-refractivity contribution in [3.8, 4) is 0 Å². The van der Waals surface area contributed by atoms with E-state index in [2.05, 4.69) is 5.32 Å². The number of halogens is 1. The Morgan fingerprint density at radius 2 is 1.70 bits per heavy atom. The summed E-state index contributed by atoms with van der Waals surface area (Å²) in [5.41, 5.74) is 3.44. The molecule has 2 aromatic rings. The van der Waals surface area contributed by atoms with Crippen molar-refractivity contribution < 1.29 is 14.0 Å². The van der Waals surface area contributed by atoms with Gasteiger partial charge in [-0.2, -0.15) is 0 Å². The summed E-state index contributed by atoms with van der Waals surface area (Å²) in [6, 6.07) is 10.4. The van der Waals surface area contributed by atoms with Gasteiger partial charge in [0.15, 0.2) is 5.11 Å². The van der Waals surface area contributed by atoms with Gasteiger partial charge in [-0.1, -0.05) is 12.1 Å². The van der Waals surface area contributed by atoms with Crippen molar-refractivity contribution in [2.75, 3.05) is 22.9 Å². The van der Waals surface area contributed by atoms with Crippen LogP contribution in [-0.2, 0) is 9.59 Å². The number of thiocarbonyl (C=S) groups is 1. The minimum Gasteiger partial charge on any atom is -0.369 e. The van der Waals surface area contributed by atoms with Gasteiger partial charge in [0.1, 0.15) is 11.4 Å². The van der Waals surface area contributed by atoms with Crippen molar-refractivity contribution in [2.45, 2.75) is 26.7 Å². The second-order valence-corrected chi connectivity index (χ2v) is 8.10. The van der Waals surface area contributed by atoms with E-state index in [1.165, 1.54) is 17.0 Å². The highest BCUT2D eigenvalue weighted by molar-refractivity contribution is 7.80. The largest absolute Gasteiger partial charge is 0.369 e. The lowest BCUT2D eigenvalue weighted by Crippen LogP contribution is -2.54. The van der Waals surface area contributed by atoms with Gasteiger partial charge in [-0.25, -0.2) is 4.39 Å². The van der Waals surface area contributed by atoms with Crippen molar-refractivity contribution in [2.24, 2.45) is 0 Å². The number of benzene rings is 2. The Labute approximate surface area is 180 Å². The molecule has 4 rings (SSSR count). The van der Waals surface area contributed by atoms with Crippen LogP contribution in [0.1, 0.15) is 29.5 Å². The van der Waals surface area contributed by atoms with E-state index in [1.807, 2.05) is 36.9 Å². The molecule has 0 atom stereocenters. The molecule has 0 bridgehead atoms. The van der Waals surface area contributed by atoms with Crippen LogP contribution in [0, 0.1) is 19.7 Å². The number of anilines is 2. The lowest BCUT2D eigenvalue weighted by Gasteiger charge is -2.29. The van der Waals surface area contributed by atoms with E-state index in [1.54, 1.807) is 12.1 Å². The van der Waals surface area contributed by atoms with Crippen LogP contribution in [0.2, 0.25) is 0 Å². The van der Waals surface area contributed by atoms with Crippen molar-refractivity contribution in [3.63, 3.8) is 0 Å². The zero-order chi connectivity index (χ0) is 21.4. The molecule has 1 N–H and O–H groups in total. The third-order valence-electron chi connectivity index (χ3n) is 5.30. The van der Waals surface area contributed by atoms with E-state index in [0.717, 1.165) is 37.1 Å². The molecule has 0 unspecified atom stereocenters. The molecule has 2 aliphatic rings. The number of carbonyl (C=O) groups is 2. The quantitative estimate of drug-likeness (QED) is 0.463. The lowest BCUT2D eigenvalue weighted by atomic mass is 10.0. The van der Waals surface area contributed by atoms with Crippen molar-refractivity contribution in [1.29, 1.82) is 0 Å². The molecule has 2 fully saturated rings. The first kappa shape index (κ1) is 20.2. The highest BCUT2D eigenvalue weighted by Crippen LogP contribution is 2.27. The van der Waals surface area contributed by atoms with E-state index in [0.29, 0.717) is 16.9 Å². The first-order chi connectivity index (χ1) is 14.3. The van der Waals surface area contributed by atoms with Gasteiger partial charge in [-0.3, -0.25) is 19.8 Å². The van der Waals surface area contributed by atoms with E-state index in [-0.39, 0.29) is 16.5 Å². The monoisotopic (exact) mass is 423 g/mol. The van der Waals surface area contributed by atoms with Gasteiger partial charge in [0, 0.05) is 13.1 Å². The van der Waals surface area contributed by atoms with Gasteiger partial charge >= 0.3 is 0 Å². The maximum absolute atomic E-state index is 14.7. The third-order valence-corrected chi connectivity index (χ3v) is 5.58. The second kappa shape index (κ2) is 7.99. The number of rotatable bonds is 3. The van der Waals surface area contributed by atoms with Crippen molar-refractivity contribution in [3.05, 3.63) is 64.5 Å². The molecule has 0 radical (unpaired) electrons. The minimum absolute atomic E-state index is 0.0303. The predicted molar refractivity (Wildman–Crippen MR) is 120 cm³/mol. The highest BCUT2D eigenvalue weighted by atomic mass is 32.1. The van der Waals surface area contributed by atoms with E-state index >= 15 is 0 Å². The zero-order valence-electron chi connectivity index (χ0n) is 16.9. The average Bonchev–Trinajstić information content (AvgIpc) is 3.18. The summed E-state index contributed by atoms with van der Waals surface area (Å²) >= 11 is 5.25. The van der Waals surface area contributed by atoms with Crippen LogP contribution < -0.4 is 15.1 Å². The van der Waals surface area contributed by atoms with Crippen LogP contribution in [-0.4, -0.2) is 30.0 Å². The molecule has 0 saturated carbocycles. The maximum Gasteiger partial charge on any atom is 0.270 e. The van der Waals surface area contributed by atoms with E-state index < -0.39 is 11.8 Å². The molecule has 2 aliphatic heterocycles. The number of aryl methyl sites for hydroxylation is 2. The Kier molecular flexibility index (Phi) is 5.39. The van der Waals surface area contributed by atoms with Gasteiger partial charge in [0.2, 0.25) is 0 Å². The number of nitrogens with one attached hydrogen (secondary N) is 1. The van der Waals surface area contributed by atoms with Crippen molar-refractivity contribution >= 4 is 46.6 Å². The summed E-state index contributed by atoms with van der Waals surface area (Å²) in [6.07, 6.45) is 3.51. The Bertz CT molecular complexity index is 1070. The molecule has 154 valence electrons. The van der Waals surface area contributed by atoms with Gasteiger partial charge in [0.25, 0.3) is 11.8 Å². The Morgan fingerprint density at radius 3 is 2.33 bits per heavy atom. The third kappa shape index (κ3) is 3.85. The molecule has 0 aliphatic carbocycles. The first-order valence-corrected chi connectivity index (χ1v) is 10.3. The molecule has 0 spiro atoms. The number of carbonyl (C=O) groups excluding carboxylic acids is 2. The van der Waals surface area contributed by atoms with Crippen LogP contribution >= 0.6 is 12.2 Å². The van der Waals surface area contributed by atoms with Gasteiger partial charge in [-0.05, 0) is 85.9 Å². The number of hydrogen-bond donors (Lipinski definition) is 1. The number of amides is 2.